The lowest BCUT2D eigenvalue weighted by Gasteiger charge is -2.27. The third kappa shape index (κ3) is 6.23. The highest BCUT2D eigenvalue weighted by Crippen LogP contribution is 2.40. The number of ether oxygens (including phenoxy) is 1. The topological polar surface area (TPSA) is 70.1 Å². The molecule has 6 heteroatoms. The third-order valence-corrected chi connectivity index (χ3v) is 7.11. The van der Waals surface area contributed by atoms with Gasteiger partial charge in [-0.1, -0.05) is 75.4 Å². The number of nitrogens with zero attached hydrogens (tertiary/aromatic N) is 2. The maximum absolute atomic E-state index is 13.3. The number of benzene rings is 3. The van der Waals surface area contributed by atoms with Gasteiger partial charge in [-0.15, -0.1) is 0 Å². The lowest BCUT2D eigenvalue weighted by molar-refractivity contribution is -0.140. The van der Waals surface area contributed by atoms with E-state index in [0.717, 1.165) is 22.3 Å². The number of carbonyl (C=O) groups is 2. The van der Waals surface area contributed by atoms with Crippen molar-refractivity contribution in [1.29, 1.82) is 0 Å². The van der Waals surface area contributed by atoms with Crippen molar-refractivity contribution in [3.8, 4) is 5.75 Å². The van der Waals surface area contributed by atoms with Crippen LogP contribution in [-0.4, -0.2) is 53.8 Å². The predicted octanol–water partition coefficient (Wildman–Crippen LogP) is 5.85. The summed E-state index contributed by atoms with van der Waals surface area (Å²) in [6, 6.07) is 22.5. The van der Waals surface area contributed by atoms with Crippen molar-refractivity contribution in [3.63, 3.8) is 0 Å². The second-order valence-electron chi connectivity index (χ2n) is 11.4. The normalized spacial score (nSPS) is 17.2. The van der Waals surface area contributed by atoms with Crippen molar-refractivity contribution >= 4 is 17.4 Å². The van der Waals surface area contributed by atoms with Crippen LogP contribution >= 0.6 is 0 Å². The van der Waals surface area contributed by atoms with Crippen LogP contribution in [0.1, 0.15) is 54.6 Å². The summed E-state index contributed by atoms with van der Waals surface area (Å²) < 4.78 is 5.99. The number of amides is 1. The van der Waals surface area contributed by atoms with Crippen LogP contribution in [0.5, 0.6) is 5.75 Å². The smallest absolute Gasteiger partial charge is 0.295 e. The molecular weight excluding hydrogens is 488 g/mol. The number of likely N-dealkylation sites (N-methyl/N-ethyl adjacent to an activating group) is 1. The zero-order valence-electron chi connectivity index (χ0n) is 23.7. The van der Waals surface area contributed by atoms with Crippen molar-refractivity contribution in [2.45, 2.75) is 45.8 Å². The zero-order chi connectivity index (χ0) is 28.3. The first kappa shape index (κ1) is 28.1. The molecule has 0 saturated carbocycles. The van der Waals surface area contributed by atoms with E-state index in [2.05, 4.69) is 20.8 Å². The average molecular weight is 527 g/mol. The number of Topliss-reactive ketones (excluding diaryl/α,β-unsaturated/α-hetero) is 1. The number of rotatable bonds is 8. The molecule has 0 aliphatic carbocycles. The molecule has 1 N–H and O–H groups in total. The van der Waals surface area contributed by atoms with Crippen LogP contribution < -0.4 is 4.74 Å². The first-order valence-electron chi connectivity index (χ1n) is 13.3. The van der Waals surface area contributed by atoms with E-state index in [9.17, 15) is 14.7 Å². The molecule has 6 nitrogen and oxygen atoms in total. The van der Waals surface area contributed by atoms with Gasteiger partial charge >= 0.3 is 0 Å². The molecule has 1 saturated heterocycles. The molecule has 4 rings (SSSR count). The number of carbonyl (C=O) groups excluding carboxylic acids is 2. The Kier molecular flexibility index (Phi) is 8.26. The van der Waals surface area contributed by atoms with Gasteiger partial charge in [0.05, 0.1) is 11.6 Å². The Morgan fingerprint density at radius 1 is 0.974 bits per heavy atom. The number of hydrogen-bond acceptors (Lipinski definition) is 5. The highest BCUT2D eigenvalue weighted by molar-refractivity contribution is 6.46. The zero-order valence-corrected chi connectivity index (χ0v) is 23.7. The minimum Gasteiger partial charge on any atom is -0.507 e. The number of likely N-dealkylation sites (tertiary alicyclic amines) is 1. The maximum Gasteiger partial charge on any atom is 0.295 e. The second kappa shape index (κ2) is 11.5. The van der Waals surface area contributed by atoms with Gasteiger partial charge in [-0.05, 0) is 66.9 Å². The molecule has 1 aliphatic heterocycles. The lowest BCUT2D eigenvalue weighted by atomic mass is 9.85. The Balaban J connectivity index is 1.71. The Morgan fingerprint density at radius 2 is 1.64 bits per heavy atom. The standard InChI is InChI=1S/C33H38N2O4/c1-22-20-25(14-17-27(22)39-21-23-10-8-7-9-11-23)30(36)28-29(24-12-15-26(16-13-24)33(2,3)4)35(19-18-34(5)6)32(38)31(28)37/h7-17,20,29,36H,18-19,21H2,1-6H3/b30-28+/t29-/m0/s1. The fraction of sp³-hybridized carbons (Fsp3) is 0.333. The largest absolute Gasteiger partial charge is 0.507 e. The van der Waals surface area contributed by atoms with Gasteiger partial charge in [-0.3, -0.25) is 9.59 Å². The summed E-state index contributed by atoms with van der Waals surface area (Å²) >= 11 is 0. The molecule has 1 atom stereocenters. The molecule has 0 aromatic heterocycles. The van der Waals surface area contributed by atoms with Crippen molar-refractivity contribution in [1.82, 2.24) is 9.80 Å². The van der Waals surface area contributed by atoms with E-state index in [1.807, 2.05) is 80.5 Å². The molecule has 1 heterocycles. The van der Waals surface area contributed by atoms with Gasteiger partial charge in [0.25, 0.3) is 11.7 Å². The molecule has 0 spiro atoms. The minimum absolute atomic E-state index is 0.0346. The quantitative estimate of drug-likeness (QED) is 0.226. The first-order valence-corrected chi connectivity index (χ1v) is 13.3. The average Bonchev–Trinajstić information content (AvgIpc) is 3.15. The second-order valence-corrected chi connectivity index (χ2v) is 11.4. The van der Waals surface area contributed by atoms with Crippen molar-refractivity contribution in [3.05, 3.63) is 106 Å². The fourth-order valence-corrected chi connectivity index (χ4v) is 4.78. The van der Waals surface area contributed by atoms with E-state index < -0.39 is 17.7 Å². The predicted molar refractivity (Wildman–Crippen MR) is 155 cm³/mol. The number of ketones is 1. The van der Waals surface area contributed by atoms with E-state index in [4.69, 9.17) is 4.74 Å². The van der Waals surface area contributed by atoms with Crippen LogP contribution in [0, 0.1) is 6.92 Å². The highest BCUT2D eigenvalue weighted by atomic mass is 16.5. The van der Waals surface area contributed by atoms with Gasteiger partial charge < -0.3 is 19.6 Å². The van der Waals surface area contributed by atoms with Crippen LogP contribution in [0.25, 0.3) is 5.76 Å². The van der Waals surface area contributed by atoms with E-state index in [-0.39, 0.29) is 16.7 Å². The summed E-state index contributed by atoms with van der Waals surface area (Å²) in [5.41, 5.74) is 4.37. The van der Waals surface area contributed by atoms with Gasteiger partial charge in [0.1, 0.15) is 18.1 Å². The number of hydrogen-bond donors (Lipinski definition) is 1. The molecule has 39 heavy (non-hydrogen) atoms. The number of aliphatic hydroxyl groups is 1. The summed E-state index contributed by atoms with van der Waals surface area (Å²) in [6.45, 7) is 9.70. The number of aryl methyl sites for hydroxylation is 1. The fourth-order valence-electron chi connectivity index (χ4n) is 4.78. The van der Waals surface area contributed by atoms with Crippen LogP contribution in [0.15, 0.2) is 78.4 Å². The van der Waals surface area contributed by atoms with Crippen LogP contribution in [0.2, 0.25) is 0 Å². The van der Waals surface area contributed by atoms with Crippen LogP contribution in [0.4, 0.5) is 0 Å². The molecule has 204 valence electrons. The Bertz CT molecular complexity index is 1370. The van der Waals surface area contributed by atoms with Crippen LogP contribution in [0.3, 0.4) is 0 Å². The van der Waals surface area contributed by atoms with Gasteiger partial charge in [0, 0.05) is 18.7 Å². The Hall–Kier alpha value is -3.90. The first-order chi connectivity index (χ1) is 18.5. The monoisotopic (exact) mass is 526 g/mol. The molecule has 3 aromatic rings. The lowest BCUT2D eigenvalue weighted by Crippen LogP contribution is -2.35. The van der Waals surface area contributed by atoms with E-state index in [1.54, 1.807) is 23.1 Å². The molecule has 3 aromatic carbocycles. The van der Waals surface area contributed by atoms with E-state index >= 15 is 0 Å². The molecule has 1 aliphatic rings. The molecular formula is C33H38N2O4. The summed E-state index contributed by atoms with van der Waals surface area (Å²) in [4.78, 5) is 30.1. The minimum atomic E-state index is -0.673. The van der Waals surface area contributed by atoms with E-state index in [0.29, 0.717) is 31.0 Å². The molecule has 1 fully saturated rings. The van der Waals surface area contributed by atoms with E-state index in [1.165, 1.54) is 0 Å². The third-order valence-electron chi connectivity index (χ3n) is 7.11. The summed E-state index contributed by atoms with van der Waals surface area (Å²) in [7, 11) is 3.85. The highest BCUT2D eigenvalue weighted by Gasteiger charge is 2.46. The van der Waals surface area contributed by atoms with Crippen molar-refractivity contribution in [2.75, 3.05) is 27.2 Å². The summed E-state index contributed by atoms with van der Waals surface area (Å²) in [5.74, 6) is -0.750. The van der Waals surface area contributed by atoms with Gasteiger partial charge in [-0.2, -0.15) is 0 Å². The molecule has 1 amide bonds. The Labute approximate surface area is 231 Å². The summed E-state index contributed by atoms with van der Waals surface area (Å²) in [6.07, 6.45) is 0. The van der Waals surface area contributed by atoms with Gasteiger partial charge in [-0.25, -0.2) is 0 Å². The SMILES string of the molecule is Cc1cc(/C(O)=C2\C(=O)C(=O)N(CCN(C)C)[C@H]2c2ccc(C(C)(C)C)cc2)ccc1OCc1ccccc1. The van der Waals surface area contributed by atoms with Crippen LogP contribution in [-0.2, 0) is 21.6 Å². The van der Waals surface area contributed by atoms with Crippen molar-refractivity contribution in [2.24, 2.45) is 0 Å². The molecule has 0 radical (unpaired) electrons. The van der Waals surface area contributed by atoms with Gasteiger partial charge in [0.15, 0.2) is 0 Å². The van der Waals surface area contributed by atoms with Crippen molar-refractivity contribution < 1.29 is 19.4 Å². The van der Waals surface area contributed by atoms with Gasteiger partial charge in [0.2, 0.25) is 0 Å². The number of aliphatic hydroxyl groups excluding tert-OH is 1. The molecule has 0 bridgehead atoms. The maximum atomic E-state index is 13.3. The Morgan fingerprint density at radius 3 is 2.23 bits per heavy atom. The summed E-state index contributed by atoms with van der Waals surface area (Å²) in [5, 5.41) is 11.5. The molecule has 0 unspecified atom stereocenters.